The van der Waals surface area contributed by atoms with Crippen molar-refractivity contribution in [3.8, 4) is 17.5 Å². The first kappa shape index (κ1) is 46.6. The van der Waals surface area contributed by atoms with Gasteiger partial charge in [-0.25, -0.2) is 21.6 Å². The highest BCUT2D eigenvalue weighted by atomic mass is 32.2. The van der Waals surface area contributed by atoms with E-state index in [4.69, 9.17) is 23.9 Å². The molecule has 2 aromatic rings. The number of nitrogens with one attached hydrogen (secondary N) is 1. The zero-order valence-electron chi connectivity index (χ0n) is 37.0. The third-order valence-electron chi connectivity index (χ3n) is 14.3. The lowest BCUT2D eigenvalue weighted by molar-refractivity contribution is -0.197. The van der Waals surface area contributed by atoms with Gasteiger partial charge in [0.05, 0.1) is 44.1 Å². The van der Waals surface area contributed by atoms with Gasteiger partial charge in [0.15, 0.2) is 11.4 Å². The first-order valence-corrected chi connectivity index (χ1v) is 23.7. The number of ether oxygens (including phenoxy) is 4. The van der Waals surface area contributed by atoms with Crippen LogP contribution in [0.1, 0.15) is 111 Å². The number of amides is 2. The zero-order chi connectivity index (χ0) is 45.7. The lowest BCUT2D eigenvalue weighted by Crippen LogP contribution is -2.49. The molecule has 1 aromatic heterocycles. The first-order chi connectivity index (χ1) is 29.7. The Hall–Kier alpha value is -4.41. The van der Waals surface area contributed by atoms with E-state index in [1.54, 1.807) is 13.2 Å². The second-order valence-corrected chi connectivity index (χ2v) is 21.2. The molecule has 7 rings (SSSR count). The molecular formula is C46H60F3N3O10S. The summed E-state index contributed by atoms with van der Waals surface area (Å²) in [5.41, 5.74) is -2.77. The van der Waals surface area contributed by atoms with Gasteiger partial charge in [-0.15, -0.1) is 0 Å². The van der Waals surface area contributed by atoms with Crippen molar-refractivity contribution in [3.05, 3.63) is 35.9 Å². The van der Waals surface area contributed by atoms with Crippen LogP contribution >= 0.6 is 0 Å². The van der Waals surface area contributed by atoms with Crippen LogP contribution in [-0.2, 0) is 40.4 Å². The van der Waals surface area contributed by atoms with E-state index < -0.39 is 105 Å². The van der Waals surface area contributed by atoms with Crippen LogP contribution in [0.4, 0.5) is 13.2 Å². The van der Waals surface area contributed by atoms with Crippen molar-refractivity contribution in [2.24, 2.45) is 29.1 Å². The Morgan fingerprint density at radius 1 is 1.11 bits per heavy atom. The number of ketones is 1. The number of carbonyl (C=O) groups excluding carboxylic acids is 4. The highest BCUT2D eigenvalue weighted by Crippen LogP contribution is 2.58. The summed E-state index contributed by atoms with van der Waals surface area (Å²) >= 11 is 0. The highest BCUT2D eigenvalue weighted by molar-refractivity contribution is 7.91. The van der Waals surface area contributed by atoms with Gasteiger partial charge in [0.2, 0.25) is 33.6 Å². The van der Waals surface area contributed by atoms with E-state index in [0.717, 1.165) is 31.2 Å². The molecule has 2 amide bonds. The number of Topliss-reactive ketones (excluding diaryl/α,β-unsaturated/α-hetero) is 1. The summed E-state index contributed by atoms with van der Waals surface area (Å²) in [5, 5.41) is 1.47. The number of halogens is 3. The second-order valence-electron chi connectivity index (χ2n) is 19.1. The zero-order valence-corrected chi connectivity index (χ0v) is 37.8. The molecule has 3 fully saturated rings. The average Bonchev–Trinajstić information content (AvgIpc) is 4.14. The topological polar surface area (TPSA) is 168 Å². The van der Waals surface area contributed by atoms with Gasteiger partial charge in [0.1, 0.15) is 23.3 Å². The predicted molar refractivity (Wildman–Crippen MR) is 227 cm³/mol. The number of hydrogen-bond acceptors (Lipinski definition) is 11. The van der Waals surface area contributed by atoms with Gasteiger partial charge in [-0.1, -0.05) is 32.4 Å². The number of alkyl halides is 3. The van der Waals surface area contributed by atoms with E-state index in [0.29, 0.717) is 62.7 Å². The quantitative estimate of drug-likeness (QED) is 0.169. The summed E-state index contributed by atoms with van der Waals surface area (Å²) < 4.78 is 93.7. The van der Waals surface area contributed by atoms with Crippen molar-refractivity contribution in [1.82, 2.24) is 14.6 Å². The third-order valence-corrected chi connectivity index (χ3v) is 16.4. The molecule has 346 valence electrons. The minimum atomic E-state index is -4.41. The number of rotatable bonds is 12. The second kappa shape index (κ2) is 17.5. The number of hydrogen-bond donors (Lipinski definition) is 1. The number of esters is 1. The Labute approximate surface area is 367 Å². The molecule has 0 bridgehead atoms. The van der Waals surface area contributed by atoms with Gasteiger partial charge in [-0.2, -0.15) is 4.98 Å². The average molecular weight is 904 g/mol. The Balaban J connectivity index is 1.26. The Bertz CT molecular complexity index is 2260. The van der Waals surface area contributed by atoms with E-state index in [9.17, 15) is 36.0 Å². The lowest BCUT2D eigenvalue weighted by atomic mass is 9.79. The molecule has 4 heterocycles. The highest BCUT2D eigenvalue weighted by Gasteiger charge is 2.63. The summed E-state index contributed by atoms with van der Waals surface area (Å²) in [6, 6.07) is 4.27. The molecule has 2 saturated carbocycles. The van der Waals surface area contributed by atoms with Gasteiger partial charge in [0.25, 0.3) is 5.92 Å². The van der Waals surface area contributed by atoms with Crippen molar-refractivity contribution in [2.45, 2.75) is 140 Å². The Kier molecular flexibility index (Phi) is 13.0. The fraction of sp³-hybridized carbons (Fsp3) is 0.674. The van der Waals surface area contributed by atoms with Gasteiger partial charge in [-0.05, 0) is 107 Å². The molecule has 7 atom stereocenters. The monoisotopic (exact) mass is 903 g/mol. The third kappa shape index (κ3) is 9.27. The molecule has 63 heavy (non-hydrogen) atoms. The van der Waals surface area contributed by atoms with Gasteiger partial charge < -0.3 is 23.8 Å². The van der Waals surface area contributed by atoms with Crippen LogP contribution in [0.3, 0.4) is 0 Å². The lowest BCUT2D eigenvalue weighted by Gasteiger charge is -2.35. The summed E-state index contributed by atoms with van der Waals surface area (Å²) in [5.74, 6) is -7.08. The van der Waals surface area contributed by atoms with Gasteiger partial charge >= 0.3 is 5.97 Å². The summed E-state index contributed by atoms with van der Waals surface area (Å²) in [4.78, 5) is 64.0. The maximum absolute atomic E-state index is 15.2. The number of pyridine rings is 1. The minimum absolute atomic E-state index is 0.0385. The Morgan fingerprint density at radius 3 is 2.52 bits per heavy atom. The molecule has 3 aliphatic heterocycles. The molecule has 13 nitrogen and oxygen atoms in total. The van der Waals surface area contributed by atoms with E-state index in [1.807, 2.05) is 38.1 Å². The number of fused-ring (bicyclic) bond motifs is 5. The van der Waals surface area contributed by atoms with Crippen LogP contribution in [0.2, 0.25) is 0 Å². The Morgan fingerprint density at radius 2 is 1.86 bits per heavy atom. The van der Waals surface area contributed by atoms with E-state index >= 15 is 4.79 Å². The van der Waals surface area contributed by atoms with Crippen LogP contribution in [-0.4, -0.2) is 97.2 Å². The molecule has 0 unspecified atom stereocenters. The molecule has 5 aliphatic rings. The number of allylic oxidation sites excluding steroid dienone is 2. The molecule has 17 heteroatoms. The largest absolute Gasteiger partial charge is 0.497 e. The maximum atomic E-state index is 15.2. The van der Waals surface area contributed by atoms with E-state index in [-0.39, 0.29) is 44.0 Å². The van der Waals surface area contributed by atoms with Crippen LogP contribution in [0, 0.1) is 29.1 Å². The van der Waals surface area contributed by atoms with E-state index in [2.05, 4.69) is 4.72 Å². The van der Waals surface area contributed by atoms with Crippen molar-refractivity contribution in [2.75, 3.05) is 26.9 Å². The number of sulfonamides is 1. The van der Waals surface area contributed by atoms with Crippen molar-refractivity contribution >= 4 is 44.4 Å². The van der Waals surface area contributed by atoms with Crippen LogP contribution < -0.4 is 18.9 Å². The fourth-order valence-corrected chi connectivity index (χ4v) is 11.0. The number of methoxy groups -OCH3 is 1. The SMILES string of the molecule is CC[C@@H]1C[C@H](C)CC/C=C\[C@@H]2C[C@@]2(C(=O)NS(=O)(=O)C2(CF)CC2)CC(=O)[C@@H]2C[C@@H](Oc3nc4c(c5cc(OC)ccc35)CCCO4)CN2C(=O)[C@H]1CC(=O)OC(C)(C)C(C)(F)F. The molecule has 1 N–H and O–H groups in total. The fourth-order valence-electron chi connectivity index (χ4n) is 9.54. The normalized spacial score (nSPS) is 29.2. The number of benzene rings is 1. The summed E-state index contributed by atoms with van der Waals surface area (Å²) in [6.07, 6.45) is 5.94. The molecule has 0 spiro atoms. The van der Waals surface area contributed by atoms with Crippen molar-refractivity contribution in [3.63, 3.8) is 0 Å². The summed E-state index contributed by atoms with van der Waals surface area (Å²) in [7, 11) is -2.85. The first-order valence-electron chi connectivity index (χ1n) is 22.2. The number of aromatic nitrogens is 1. The van der Waals surface area contributed by atoms with Crippen molar-refractivity contribution < 1.29 is 59.7 Å². The van der Waals surface area contributed by atoms with Crippen LogP contribution in [0.15, 0.2) is 30.4 Å². The molecule has 1 aromatic carbocycles. The van der Waals surface area contributed by atoms with Crippen LogP contribution in [0.5, 0.6) is 17.5 Å². The number of nitrogens with zero attached hydrogens (tertiary/aromatic N) is 2. The predicted octanol–water partition coefficient (Wildman–Crippen LogP) is 7.22. The number of aryl methyl sites for hydroxylation is 1. The van der Waals surface area contributed by atoms with Gasteiger partial charge in [-0.3, -0.25) is 23.9 Å². The summed E-state index contributed by atoms with van der Waals surface area (Å²) in [6.45, 7) is 5.96. The maximum Gasteiger partial charge on any atom is 0.307 e. The molecule has 2 aliphatic carbocycles. The molecule has 1 saturated heterocycles. The van der Waals surface area contributed by atoms with Crippen LogP contribution in [0.25, 0.3) is 10.8 Å². The molecular weight excluding hydrogens is 844 g/mol. The minimum Gasteiger partial charge on any atom is -0.497 e. The molecule has 0 radical (unpaired) electrons. The van der Waals surface area contributed by atoms with E-state index in [1.165, 1.54) is 4.90 Å². The number of carbonyl (C=O) groups is 4. The standard InChI is InChI=1S/C46H60F3N3O10S/c1-7-28-19-27(2)11-8-9-12-29-23-46(29,42(56)51-63(57,58)45(26-47)16-17-45)24-37(53)36-21-31(25-52(36)41(55)34(28)22-38(54)62-43(3,4)44(5,48)49)61-40-33-15-14-30(59-6)20-35(33)32-13-10-18-60-39(32)50-40/h9,12,14-15,20,27-29,31,34,36H,7-8,10-11,13,16-19,21-26H2,1-6H3,(H,51,56)/b12-9-/t27-,28-,29-,31-,34+,36+,46-/m1/s1. The smallest absolute Gasteiger partial charge is 0.307 e. The van der Waals surface area contributed by atoms with Gasteiger partial charge in [0, 0.05) is 30.7 Å². The van der Waals surface area contributed by atoms with Crippen molar-refractivity contribution in [1.29, 1.82) is 0 Å².